The van der Waals surface area contributed by atoms with Gasteiger partial charge in [0.05, 0.1) is 0 Å². The van der Waals surface area contributed by atoms with Crippen LogP contribution in [0.2, 0.25) is 0 Å². The molecule has 1 saturated heterocycles. The fourth-order valence-electron chi connectivity index (χ4n) is 1.85. The molecule has 1 aliphatic heterocycles. The molecule has 0 amide bonds. The van der Waals surface area contributed by atoms with Gasteiger partial charge in [-0.25, -0.2) is 15.8 Å². The van der Waals surface area contributed by atoms with Gasteiger partial charge in [-0.15, -0.1) is 0 Å². The minimum atomic E-state index is -4.59. The van der Waals surface area contributed by atoms with Crippen LogP contribution in [-0.2, 0) is 6.18 Å². The molecule has 3 N–H and O–H groups in total. The van der Waals surface area contributed by atoms with E-state index < -0.39 is 12.0 Å². The molecule has 19 heavy (non-hydrogen) atoms. The Kier molecular flexibility index (Phi) is 4.04. The number of hydrogen-bond acceptors (Lipinski definition) is 6. The number of nitrogen functional groups attached to an aromatic ring is 1. The summed E-state index contributed by atoms with van der Waals surface area (Å²) in [6.45, 7) is 2.61. The van der Waals surface area contributed by atoms with Gasteiger partial charge in [0.1, 0.15) is 11.6 Å². The number of halogens is 3. The number of aromatic nitrogens is 2. The summed E-state index contributed by atoms with van der Waals surface area (Å²) in [5.41, 5.74) is 2.15. The number of nitrogens with one attached hydrogen (secondary N) is 1. The average molecular weight is 293 g/mol. The summed E-state index contributed by atoms with van der Waals surface area (Å²) >= 11 is 1.77. The van der Waals surface area contributed by atoms with Crippen LogP contribution < -0.4 is 16.2 Å². The first kappa shape index (κ1) is 14.2. The summed E-state index contributed by atoms with van der Waals surface area (Å²) in [4.78, 5) is 8.79. The van der Waals surface area contributed by atoms with Crippen molar-refractivity contribution in [3.63, 3.8) is 0 Å². The molecular weight excluding hydrogens is 279 g/mol. The van der Waals surface area contributed by atoms with Gasteiger partial charge in [0.2, 0.25) is 5.82 Å². The van der Waals surface area contributed by atoms with Crippen molar-refractivity contribution in [2.45, 2.75) is 19.1 Å². The highest BCUT2D eigenvalue weighted by Gasteiger charge is 2.36. The monoisotopic (exact) mass is 293 g/mol. The van der Waals surface area contributed by atoms with Crippen LogP contribution in [0.15, 0.2) is 6.07 Å². The van der Waals surface area contributed by atoms with Gasteiger partial charge in [0.25, 0.3) is 0 Å². The van der Waals surface area contributed by atoms with Gasteiger partial charge in [0.15, 0.2) is 0 Å². The molecule has 1 fully saturated rings. The Morgan fingerprint density at radius 1 is 1.47 bits per heavy atom. The van der Waals surface area contributed by atoms with E-state index in [-0.39, 0.29) is 17.7 Å². The maximum atomic E-state index is 12.7. The van der Waals surface area contributed by atoms with Gasteiger partial charge in [-0.05, 0) is 6.92 Å². The molecule has 1 aromatic heterocycles. The first-order valence-corrected chi connectivity index (χ1v) is 6.84. The number of hydrazine groups is 1. The van der Waals surface area contributed by atoms with Gasteiger partial charge in [0, 0.05) is 30.2 Å². The Morgan fingerprint density at radius 2 is 2.21 bits per heavy atom. The third-order valence-electron chi connectivity index (χ3n) is 2.78. The number of rotatable bonds is 2. The minimum Gasteiger partial charge on any atom is -0.352 e. The SMILES string of the molecule is CC1CSCCN1c1cc(NN)nc(C(F)(F)F)n1. The molecular formula is C10H14F3N5S. The molecule has 1 aromatic rings. The fourth-order valence-corrected chi connectivity index (χ4v) is 2.86. The van der Waals surface area contributed by atoms with Crippen LogP contribution in [0, 0.1) is 0 Å². The third kappa shape index (κ3) is 3.21. The Hall–Kier alpha value is -1.22. The second kappa shape index (κ2) is 5.41. The maximum absolute atomic E-state index is 12.7. The molecule has 106 valence electrons. The highest BCUT2D eigenvalue weighted by molar-refractivity contribution is 7.99. The predicted octanol–water partition coefficient (Wildman–Crippen LogP) is 1.72. The normalized spacial score (nSPS) is 20.5. The lowest BCUT2D eigenvalue weighted by Gasteiger charge is -2.34. The first-order chi connectivity index (χ1) is 8.91. The number of nitrogens with two attached hydrogens (primary N) is 1. The van der Waals surface area contributed by atoms with E-state index in [1.807, 2.05) is 11.8 Å². The second-order valence-electron chi connectivity index (χ2n) is 4.19. The number of nitrogens with zero attached hydrogens (tertiary/aromatic N) is 3. The van der Waals surface area contributed by atoms with E-state index in [1.165, 1.54) is 6.07 Å². The molecule has 1 unspecified atom stereocenters. The van der Waals surface area contributed by atoms with E-state index in [0.29, 0.717) is 6.54 Å². The molecule has 5 nitrogen and oxygen atoms in total. The highest BCUT2D eigenvalue weighted by Crippen LogP contribution is 2.30. The zero-order valence-electron chi connectivity index (χ0n) is 10.2. The Labute approximate surface area is 112 Å². The number of thioether (sulfide) groups is 1. The van der Waals surface area contributed by atoms with Crippen molar-refractivity contribution in [2.24, 2.45) is 5.84 Å². The molecule has 2 heterocycles. The molecule has 0 aliphatic carbocycles. The number of alkyl halides is 3. The average Bonchev–Trinajstić information content (AvgIpc) is 2.37. The van der Waals surface area contributed by atoms with Crippen LogP contribution in [0.25, 0.3) is 0 Å². The first-order valence-electron chi connectivity index (χ1n) is 5.69. The highest BCUT2D eigenvalue weighted by atomic mass is 32.2. The van der Waals surface area contributed by atoms with Crippen molar-refractivity contribution >= 4 is 23.4 Å². The third-order valence-corrected chi connectivity index (χ3v) is 3.97. The Bertz CT molecular complexity index is 453. The number of hydrogen-bond donors (Lipinski definition) is 2. The smallest absolute Gasteiger partial charge is 0.352 e. The zero-order chi connectivity index (χ0) is 14.0. The summed E-state index contributed by atoms with van der Waals surface area (Å²) in [7, 11) is 0. The van der Waals surface area contributed by atoms with Crippen molar-refractivity contribution < 1.29 is 13.2 Å². The summed E-state index contributed by atoms with van der Waals surface area (Å²) in [5, 5.41) is 0. The molecule has 9 heteroatoms. The van der Waals surface area contributed by atoms with Crippen LogP contribution in [0.1, 0.15) is 12.7 Å². The fraction of sp³-hybridized carbons (Fsp3) is 0.600. The number of anilines is 2. The van der Waals surface area contributed by atoms with E-state index in [4.69, 9.17) is 5.84 Å². The summed E-state index contributed by atoms with van der Waals surface area (Å²) in [6, 6.07) is 1.56. The Balaban J connectivity index is 2.39. The minimum absolute atomic E-state index is 0.0391. The summed E-state index contributed by atoms with van der Waals surface area (Å²) in [5.74, 6) is 5.92. The topological polar surface area (TPSA) is 67.1 Å². The zero-order valence-corrected chi connectivity index (χ0v) is 11.1. The molecule has 0 bridgehead atoms. The molecule has 1 atom stereocenters. The molecule has 0 aromatic carbocycles. The van der Waals surface area contributed by atoms with Gasteiger partial charge >= 0.3 is 6.18 Å². The van der Waals surface area contributed by atoms with Crippen LogP contribution in [0.4, 0.5) is 24.8 Å². The standard InChI is InChI=1S/C10H14F3N5S/c1-6-5-19-3-2-18(6)8-4-7(17-14)15-9(16-8)10(11,12)13/h4,6H,2-3,5,14H2,1H3,(H,15,16,17). The van der Waals surface area contributed by atoms with Crippen LogP contribution >= 0.6 is 11.8 Å². The molecule has 1 aliphatic rings. The van der Waals surface area contributed by atoms with Gasteiger partial charge < -0.3 is 10.3 Å². The molecule has 0 spiro atoms. The van der Waals surface area contributed by atoms with E-state index >= 15 is 0 Å². The van der Waals surface area contributed by atoms with Crippen molar-refractivity contribution in [1.29, 1.82) is 0 Å². The largest absolute Gasteiger partial charge is 0.451 e. The van der Waals surface area contributed by atoms with Crippen molar-refractivity contribution in [3.05, 3.63) is 11.9 Å². The van der Waals surface area contributed by atoms with Crippen molar-refractivity contribution in [3.8, 4) is 0 Å². The lowest BCUT2D eigenvalue weighted by atomic mass is 10.3. The van der Waals surface area contributed by atoms with Crippen molar-refractivity contribution in [1.82, 2.24) is 9.97 Å². The Morgan fingerprint density at radius 3 is 2.79 bits per heavy atom. The van der Waals surface area contributed by atoms with Crippen LogP contribution in [-0.4, -0.2) is 34.1 Å². The van der Waals surface area contributed by atoms with E-state index in [1.54, 1.807) is 11.8 Å². The quantitative estimate of drug-likeness (QED) is 0.639. The summed E-state index contributed by atoms with van der Waals surface area (Å²) in [6.07, 6.45) is -4.59. The van der Waals surface area contributed by atoms with E-state index in [2.05, 4.69) is 15.4 Å². The van der Waals surface area contributed by atoms with Gasteiger partial charge in [-0.3, -0.25) is 0 Å². The maximum Gasteiger partial charge on any atom is 0.451 e. The lowest BCUT2D eigenvalue weighted by Crippen LogP contribution is -2.41. The second-order valence-corrected chi connectivity index (χ2v) is 5.34. The molecule has 0 saturated carbocycles. The predicted molar refractivity (Wildman–Crippen MR) is 69.0 cm³/mol. The molecule has 2 rings (SSSR count). The van der Waals surface area contributed by atoms with Crippen molar-refractivity contribution in [2.75, 3.05) is 28.4 Å². The van der Waals surface area contributed by atoms with Gasteiger partial charge in [-0.2, -0.15) is 24.9 Å². The van der Waals surface area contributed by atoms with Gasteiger partial charge in [-0.1, -0.05) is 0 Å². The van der Waals surface area contributed by atoms with Crippen LogP contribution in [0.3, 0.4) is 0 Å². The molecule has 0 radical (unpaired) electrons. The van der Waals surface area contributed by atoms with Crippen LogP contribution in [0.5, 0.6) is 0 Å². The van der Waals surface area contributed by atoms with E-state index in [0.717, 1.165) is 11.5 Å². The van der Waals surface area contributed by atoms with E-state index in [9.17, 15) is 13.2 Å². The lowest BCUT2D eigenvalue weighted by molar-refractivity contribution is -0.144. The summed E-state index contributed by atoms with van der Waals surface area (Å²) < 4.78 is 38.2.